The monoisotopic (exact) mass is 765 g/mol. The molecule has 13 aromatic rings. The largest absolute Gasteiger partial charge is 0.309 e. The van der Waals surface area contributed by atoms with Gasteiger partial charge in [-0.25, -0.2) is 4.68 Å². The summed E-state index contributed by atoms with van der Waals surface area (Å²) in [7, 11) is 0. The molecule has 0 aliphatic heterocycles. The predicted molar refractivity (Wildman–Crippen MR) is 250 cm³/mol. The van der Waals surface area contributed by atoms with E-state index in [2.05, 4.69) is 219 Å². The van der Waals surface area contributed by atoms with E-state index in [0.717, 1.165) is 44.7 Å². The number of benzene rings is 9. The molecule has 0 radical (unpaired) electrons. The van der Waals surface area contributed by atoms with Crippen LogP contribution in [-0.4, -0.2) is 23.5 Å². The number of nitrogens with zero attached hydrogens (tertiary/aromatic N) is 5. The van der Waals surface area contributed by atoms with Crippen LogP contribution < -0.4 is 0 Å². The molecule has 0 spiro atoms. The first-order chi connectivity index (χ1) is 29.8. The summed E-state index contributed by atoms with van der Waals surface area (Å²) >= 11 is 0. The molecule has 5 heteroatoms. The lowest BCUT2D eigenvalue weighted by molar-refractivity contribution is 0.911. The smallest absolute Gasteiger partial charge is 0.0762 e. The fraction of sp³-hybridized carbons (Fsp3) is 0. The van der Waals surface area contributed by atoms with E-state index in [9.17, 15) is 0 Å². The molecule has 0 saturated carbocycles. The van der Waals surface area contributed by atoms with Gasteiger partial charge >= 0.3 is 0 Å². The zero-order valence-electron chi connectivity index (χ0n) is 32.4. The van der Waals surface area contributed by atoms with Gasteiger partial charge in [-0.1, -0.05) is 115 Å². The van der Waals surface area contributed by atoms with Crippen LogP contribution >= 0.6 is 0 Å². The van der Waals surface area contributed by atoms with E-state index in [4.69, 9.17) is 5.10 Å². The molecule has 13 rings (SSSR count). The molecule has 280 valence electrons. The van der Waals surface area contributed by atoms with Crippen molar-refractivity contribution in [1.82, 2.24) is 23.5 Å². The molecule has 0 aliphatic carbocycles. The Labute approximate surface area is 344 Å². The third-order valence-electron chi connectivity index (χ3n) is 12.4. The molecule has 9 aromatic carbocycles. The molecule has 0 saturated heterocycles. The van der Waals surface area contributed by atoms with Crippen molar-refractivity contribution in [2.75, 3.05) is 0 Å². The van der Waals surface area contributed by atoms with Crippen LogP contribution in [0.5, 0.6) is 0 Å². The molecule has 0 atom stereocenters. The third-order valence-corrected chi connectivity index (χ3v) is 12.4. The summed E-state index contributed by atoms with van der Waals surface area (Å²) in [6.07, 6.45) is 2.04. The van der Waals surface area contributed by atoms with Crippen molar-refractivity contribution in [3.8, 4) is 33.9 Å². The molecule has 5 nitrogen and oxygen atoms in total. The molecule has 0 fully saturated rings. The highest BCUT2D eigenvalue weighted by Crippen LogP contribution is 2.43. The molecule has 0 aliphatic rings. The molecule has 0 bridgehead atoms. The van der Waals surface area contributed by atoms with E-state index in [0.29, 0.717) is 0 Å². The van der Waals surface area contributed by atoms with Gasteiger partial charge in [0.2, 0.25) is 0 Å². The Bertz CT molecular complexity index is 3810. The van der Waals surface area contributed by atoms with E-state index in [-0.39, 0.29) is 0 Å². The lowest BCUT2D eigenvalue weighted by Gasteiger charge is -2.13. The summed E-state index contributed by atoms with van der Waals surface area (Å²) in [6.45, 7) is 0. The van der Waals surface area contributed by atoms with Gasteiger partial charge < -0.3 is 13.7 Å². The second-order valence-electron chi connectivity index (χ2n) is 15.6. The Kier molecular flexibility index (Phi) is 6.95. The number of hydrogen-bond donors (Lipinski definition) is 0. The molecular weight excluding hydrogens is 731 g/mol. The number of hydrogen-bond acceptors (Lipinski definition) is 1. The van der Waals surface area contributed by atoms with Gasteiger partial charge in [-0.05, 0) is 96.6 Å². The molecular formula is C55H35N5. The first-order valence-corrected chi connectivity index (χ1v) is 20.5. The average Bonchev–Trinajstić information content (AvgIpc) is 4.08. The highest BCUT2D eigenvalue weighted by molar-refractivity contribution is 6.20. The Morgan fingerprint density at radius 2 is 0.800 bits per heavy atom. The first kappa shape index (κ1) is 32.9. The van der Waals surface area contributed by atoms with Gasteiger partial charge in [0.25, 0.3) is 0 Å². The lowest BCUT2D eigenvalue weighted by Crippen LogP contribution is -1.97. The van der Waals surface area contributed by atoms with Crippen LogP contribution in [0.3, 0.4) is 0 Å². The Morgan fingerprint density at radius 3 is 1.55 bits per heavy atom. The maximum atomic E-state index is 5.00. The van der Waals surface area contributed by atoms with Gasteiger partial charge in [0.05, 0.1) is 50.5 Å². The van der Waals surface area contributed by atoms with Gasteiger partial charge in [0.15, 0.2) is 0 Å². The first-order valence-electron chi connectivity index (χ1n) is 20.5. The van der Waals surface area contributed by atoms with Crippen LogP contribution in [0.2, 0.25) is 0 Å². The molecule has 0 N–H and O–H groups in total. The molecule has 0 unspecified atom stereocenters. The van der Waals surface area contributed by atoms with Crippen LogP contribution in [0, 0.1) is 0 Å². The quantitative estimate of drug-likeness (QED) is 0.172. The standard InChI is InChI=1S/C55H35N5/c1-4-15-37(16-5-1)57-49-25-12-11-22-43(49)47-34-40(28-31-51(47)57)59-52-30-27-36(33-46(52)45-29-32-53-48(55(45)59)35-56-60(53)39-19-8-3-9-20-39)41-23-14-24-44-42-21-10-13-26-50(42)58(54(41)44)38-17-6-2-7-18-38/h1-35H. The van der Waals surface area contributed by atoms with Crippen molar-refractivity contribution in [2.24, 2.45) is 0 Å². The maximum Gasteiger partial charge on any atom is 0.0762 e. The molecule has 0 amide bonds. The van der Waals surface area contributed by atoms with Gasteiger partial charge in [-0.15, -0.1) is 0 Å². The van der Waals surface area contributed by atoms with E-state index >= 15 is 0 Å². The van der Waals surface area contributed by atoms with E-state index in [1.807, 2.05) is 12.3 Å². The van der Waals surface area contributed by atoms with E-state index < -0.39 is 0 Å². The van der Waals surface area contributed by atoms with E-state index in [1.165, 1.54) is 65.5 Å². The van der Waals surface area contributed by atoms with E-state index in [1.54, 1.807) is 0 Å². The van der Waals surface area contributed by atoms with Crippen molar-refractivity contribution in [2.45, 2.75) is 0 Å². The number of rotatable bonds is 5. The Balaban J connectivity index is 1.11. The van der Waals surface area contributed by atoms with Gasteiger partial charge in [-0.2, -0.15) is 5.10 Å². The van der Waals surface area contributed by atoms with Crippen LogP contribution in [0.25, 0.3) is 110 Å². The number of aromatic nitrogens is 5. The van der Waals surface area contributed by atoms with Crippen LogP contribution in [0.1, 0.15) is 0 Å². The zero-order valence-corrected chi connectivity index (χ0v) is 32.4. The molecule has 4 aromatic heterocycles. The van der Waals surface area contributed by atoms with Crippen LogP contribution in [0.4, 0.5) is 0 Å². The maximum absolute atomic E-state index is 5.00. The predicted octanol–water partition coefficient (Wildman–Crippen LogP) is 14.0. The average molecular weight is 766 g/mol. The van der Waals surface area contributed by atoms with Crippen molar-refractivity contribution < 1.29 is 0 Å². The SMILES string of the molecule is c1ccc(-n2ncc3c2ccc2c4cc(-c5cccc6c7ccccc7n(-c7ccccc7)c56)ccc4n(-c4ccc5c(c4)c4ccccc4n5-c4ccccc4)c23)cc1. The van der Waals surface area contributed by atoms with Crippen molar-refractivity contribution in [3.05, 3.63) is 212 Å². The van der Waals surface area contributed by atoms with Gasteiger partial charge in [0, 0.05) is 60.3 Å². The minimum absolute atomic E-state index is 1.04. The number of fused-ring (bicyclic) bond motifs is 11. The normalized spacial score (nSPS) is 12.0. The van der Waals surface area contributed by atoms with Gasteiger partial charge in [-0.3, -0.25) is 0 Å². The number of para-hydroxylation sites is 6. The summed E-state index contributed by atoms with van der Waals surface area (Å²) in [4.78, 5) is 0. The lowest BCUT2D eigenvalue weighted by atomic mass is 9.99. The highest BCUT2D eigenvalue weighted by atomic mass is 15.3. The second-order valence-corrected chi connectivity index (χ2v) is 15.6. The minimum Gasteiger partial charge on any atom is -0.309 e. The summed E-state index contributed by atoms with van der Waals surface area (Å²) in [5.74, 6) is 0. The van der Waals surface area contributed by atoms with Crippen molar-refractivity contribution >= 4 is 76.3 Å². The van der Waals surface area contributed by atoms with Gasteiger partial charge in [0.1, 0.15) is 0 Å². The third kappa shape index (κ3) is 4.66. The summed E-state index contributed by atoms with van der Waals surface area (Å²) in [5.41, 5.74) is 15.0. The Hall–Kier alpha value is -8.15. The topological polar surface area (TPSA) is 32.6 Å². The van der Waals surface area contributed by atoms with Crippen molar-refractivity contribution in [1.29, 1.82) is 0 Å². The van der Waals surface area contributed by atoms with Crippen LogP contribution in [-0.2, 0) is 0 Å². The van der Waals surface area contributed by atoms with Crippen molar-refractivity contribution in [3.63, 3.8) is 0 Å². The highest BCUT2D eigenvalue weighted by Gasteiger charge is 2.22. The zero-order chi connectivity index (χ0) is 39.3. The summed E-state index contributed by atoms with van der Waals surface area (Å²) in [6, 6.07) is 74.6. The fourth-order valence-corrected chi connectivity index (χ4v) is 9.88. The van der Waals surface area contributed by atoms with Crippen LogP contribution in [0.15, 0.2) is 212 Å². The molecule has 60 heavy (non-hydrogen) atoms. The second kappa shape index (κ2) is 12.7. The summed E-state index contributed by atoms with van der Waals surface area (Å²) in [5, 5.41) is 13.4. The minimum atomic E-state index is 1.04. The molecule has 4 heterocycles. The summed E-state index contributed by atoms with van der Waals surface area (Å²) < 4.78 is 9.32. The fourth-order valence-electron chi connectivity index (χ4n) is 9.88. The Morgan fingerprint density at radius 1 is 0.283 bits per heavy atom.